The van der Waals surface area contributed by atoms with Crippen LogP contribution in [0.4, 0.5) is 0 Å². The van der Waals surface area contributed by atoms with Crippen LogP contribution in [0.3, 0.4) is 0 Å². The monoisotopic (exact) mass is 386 g/mol. The van der Waals surface area contributed by atoms with Gasteiger partial charge in [-0.1, -0.05) is 48.5 Å². The quantitative estimate of drug-likeness (QED) is 0.242. The molecule has 2 aromatic rings. The van der Waals surface area contributed by atoms with Crippen molar-refractivity contribution in [1.82, 2.24) is 0 Å². The molecule has 6 nitrogen and oxygen atoms in total. The Kier molecular flexibility index (Phi) is 9.18. The smallest absolute Gasteiger partial charge is 0.316 e. The van der Waals surface area contributed by atoms with Crippen LogP contribution in [-0.4, -0.2) is 51.9 Å². The molecule has 0 saturated carbocycles. The molecule has 0 aromatic heterocycles. The van der Waals surface area contributed by atoms with E-state index < -0.39 is 18.0 Å². The minimum absolute atomic E-state index is 0.150. The van der Waals surface area contributed by atoms with E-state index >= 15 is 0 Å². The number of carbonyl (C=O) groups excluding carboxylic acids is 2. The van der Waals surface area contributed by atoms with Crippen LogP contribution in [-0.2, 0) is 19.0 Å². The van der Waals surface area contributed by atoms with Gasteiger partial charge in [0.05, 0.1) is 26.4 Å². The molecule has 2 rings (SSSR count). The lowest BCUT2D eigenvalue weighted by Crippen LogP contribution is -2.34. The molecule has 0 N–H and O–H groups in total. The Balaban J connectivity index is 2.11. The summed E-state index contributed by atoms with van der Waals surface area (Å²) >= 11 is 0. The maximum absolute atomic E-state index is 12.9. The van der Waals surface area contributed by atoms with Gasteiger partial charge in [0, 0.05) is 12.7 Å². The standard InChI is InChI=1S/C22H26O6/c1-25-13-14-27-19(16-28-18-11-7-4-8-12-18)15-20(22(24)26-2)21(23)17-9-5-3-6-10-17/h3-12,19-20H,13-16H2,1-2H3. The number of hydrogen-bond donors (Lipinski definition) is 0. The molecule has 0 spiro atoms. The number of Topliss-reactive ketones (excluding diaryl/α,β-unsaturated/α-hetero) is 1. The van der Waals surface area contributed by atoms with Crippen LogP contribution in [0.15, 0.2) is 60.7 Å². The summed E-state index contributed by atoms with van der Waals surface area (Å²) < 4.78 is 21.5. The van der Waals surface area contributed by atoms with Crippen molar-refractivity contribution < 1.29 is 28.5 Å². The highest BCUT2D eigenvalue weighted by Gasteiger charge is 2.32. The fourth-order valence-electron chi connectivity index (χ4n) is 2.71. The summed E-state index contributed by atoms with van der Waals surface area (Å²) in [6.07, 6.45) is -0.330. The van der Waals surface area contributed by atoms with Crippen molar-refractivity contribution in [3.8, 4) is 5.75 Å². The lowest BCUT2D eigenvalue weighted by atomic mass is 9.92. The van der Waals surface area contributed by atoms with Crippen molar-refractivity contribution in [3.63, 3.8) is 0 Å². The van der Waals surface area contributed by atoms with Gasteiger partial charge in [-0.25, -0.2) is 0 Å². The molecular formula is C22H26O6. The largest absolute Gasteiger partial charge is 0.491 e. The zero-order chi connectivity index (χ0) is 20.2. The molecule has 2 atom stereocenters. The predicted octanol–water partition coefficient (Wildman–Crippen LogP) is 3.16. The molecule has 0 aliphatic heterocycles. The maximum atomic E-state index is 12.9. The first-order chi connectivity index (χ1) is 13.7. The average Bonchev–Trinajstić information content (AvgIpc) is 2.75. The van der Waals surface area contributed by atoms with Crippen LogP contribution in [0.25, 0.3) is 0 Å². The first kappa shape index (κ1) is 21.6. The van der Waals surface area contributed by atoms with Crippen molar-refractivity contribution in [1.29, 1.82) is 0 Å². The van der Waals surface area contributed by atoms with Gasteiger partial charge in [0.1, 0.15) is 18.3 Å². The topological polar surface area (TPSA) is 71.1 Å². The highest BCUT2D eigenvalue weighted by molar-refractivity contribution is 6.08. The number of methoxy groups -OCH3 is 2. The van der Waals surface area contributed by atoms with Crippen molar-refractivity contribution in [2.45, 2.75) is 12.5 Å². The Hall–Kier alpha value is -2.70. The van der Waals surface area contributed by atoms with E-state index in [2.05, 4.69) is 0 Å². The Morgan fingerprint density at radius 1 is 0.893 bits per heavy atom. The lowest BCUT2D eigenvalue weighted by Gasteiger charge is -2.22. The predicted molar refractivity (Wildman–Crippen MR) is 104 cm³/mol. The summed E-state index contributed by atoms with van der Waals surface area (Å²) in [6, 6.07) is 18.0. The second kappa shape index (κ2) is 11.9. The third kappa shape index (κ3) is 6.79. The second-order valence-electron chi connectivity index (χ2n) is 6.15. The molecule has 0 heterocycles. The Bertz CT molecular complexity index is 716. The van der Waals surface area contributed by atoms with Crippen LogP contribution in [0.5, 0.6) is 5.75 Å². The van der Waals surface area contributed by atoms with E-state index in [1.807, 2.05) is 36.4 Å². The van der Waals surface area contributed by atoms with Gasteiger partial charge >= 0.3 is 5.97 Å². The Labute approximate surface area is 165 Å². The highest BCUT2D eigenvalue weighted by atomic mass is 16.6. The molecule has 2 aromatic carbocycles. The summed E-state index contributed by atoms with van der Waals surface area (Å²) in [5.74, 6) is -1.17. The van der Waals surface area contributed by atoms with Gasteiger partial charge in [-0.15, -0.1) is 0 Å². The fourth-order valence-corrected chi connectivity index (χ4v) is 2.71. The molecule has 0 amide bonds. The second-order valence-corrected chi connectivity index (χ2v) is 6.15. The van der Waals surface area contributed by atoms with Gasteiger partial charge in [-0.2, -0.15) is 0 Å². The fraction of sp³-hybridized carbons (Fsp3) is 0.364. The van der Waals surface area contributed by atoms with E-state index in [1.165, 1.54) is 7.11 Å². The summed E-state index contributed by atoms with van der Waals surface area (Å²) in [7, 11) is 2.85. The third-order valence-electron chi connectivity index (χ3n) is 4.18. The minimum atomic E-state index is -0.973. The van der Waals surface area contributed by atoms with Gasteiger partial charge in [0.25, 0.3) is 0 Å². The van der Waals surface area contributed by atoms with Crippen molar-refractivity contribution in [3.05, 3.63) is 66.2 Å². The number of ether oxygens (including phenoxy) is 4. The van der Waals surface area contributed by atoms with E-state index in [4.69, 9.17) is 18.9 Å². The SMILES string of the molecule is COCCOC(COc1ccccc1)CC(C(=O)OC)C(=O)c1ccccc1. The molecule has 0 bridgehead atoms. The van der Waals surface area contributed by atoms with E-state index in [0.717, 1.165) is 0 Å². The molecule has 2 unspecified atom stereocenters. The molecule has 0 aliphatic rings. The van der Waals surface area contributed by atoms with E-state index in [9.17, 15) is 9.59 Å². The lowest BCUT2D eigenvalue weighted by molar-refractivity contribution is -0.145. The molecule has 0 saturated heterocycles. The Morgan fingerprint density at radius 3 is 2.14 bits per heavy atom. The molecule has 28 heavy (non-hydrogen) atoms. The summed E-state index contributed by atoms with van der Waals surface area (Å²) in [5, 5.41) is 0. The van der Waals surface area contributed by atoms with Gasteiger partial charge < -0.3 is 18.9 Å². The van der Waals surface area contributed by atoms with Crippen molar-refractivity contribution in [2.24, 2.45) is 5.92 Å². The summed E-state index contributed by atoms with van der Waals surface area (Å²) in [6.45, 7) is 0.924. The summed E-state index contributed by atoms with van der Waals surface area (Å²) in [5.41, 5.74) is 0.456. The van der Waals surface area contributed by atoms with Crippen LogP contribution < -0.4 is 4.74 Å². The van der Waals surface area contributed by atoms with Crippen LogP contribution in [0, 0.1) is 5.92 Å². The first-order valence-electron chi connectivity index (χ1n) is 9.11. The number of rotatable bonds is 12. The zero-order valence-electron chi connectivity index (χ0n) is 16.2. The van der Waals surface area contributed by atoms with Gasteiger partial charge in [0.15, 0.2) is 5.78 Å². The Morgan fingerprint density at radius 2 is 1.54 bits per heavy atom. The minimum Gasteiger partial charge on any atom is -0.491 e. The number of hydrogen-bond acceptors (Lipinski definition) is 6. The van der Waals surface area contributed by atoms with E-state index in [-0.39, 0.29) is 18.8 Å². The van der Waals surface area contributed by atoms with E-state index in [0.29, 0.717) is 24.5 Å². The van der Waals surface area contributed by atoms with Crippen LogP contribution in [0.2, 0.25) is 0 Å². The molecule has 6 heteroatoms. The van der Waals surface area contributed by atoms with Crippen molar-refractivity contribution in [2.75, 3.05) is 34.0 Å². The summed E-state index contributed by atoms with van der Waals surface area (Å²) in [4.78, 5) is 25.2. The average molecular weight is 386 g/mol. The number of ketones is 1. The maximum Gasteiger partial charge on any atom is 0.316 e. The third-order valence-corrected chi connectivity index (χ3v) is 4.18. The van der Waals surface area contributed by atoms with Gasteiger partial charge in [-0.3, -0.25) is 9.59 Å². The number of benzene rings is 2. The molecule has 0 fully saturated rings. The number of carbonyl (C=O) groups is 2. The number of para-hydroxylation sites is 1. The molecular weight excluding hydrogens is 360 g/mol. The van der Waals surface area contributed by atoms with Crippen LogP contribution >= 0.6 is 0 Å². The number of esters is 1. The first-order valence-corrected chi connectivity index (χ1v) is 9.11. The van der Waals surface area contributed by atoms with Crippen LogP contribution in [0.1, 0.15) is 16.8 Å². The van der Waals surface area contributed by atoms with Crippen molar-refractivity contribution >= 4 is 11.8 Å². The van der Waals surface area contributed by atoms with E-state index in [1.54, 1.807) is 31.4 Å². The molecule has 0 aliphatic carbocycles. The van der Waals surface area contributed by atoms with Gasteiger partial charge in [-0.05, 0) is 18.6 Å². The van der Waals surface area contributed by atoms with Gasteiger partial charge in [0.2, 0.25) is 0 Å². The zero-order valence-corrected chi connectivity index (χ0v) is 16.2. The normalized spacial score (nSPS) is 12.8. The molecule has 150 valence electrons. The molecule has 0 radical (unpaired) electrons. The highest BCUT2D eigenvalue weighted by Crippen LogP contribution is 2.19.